The molecule has 29 heavy (non-hydrogen) atoms. The Labute approximate surface area is 166 Å². The lowest BCUT2D eigenvalue weighted by Crippen LogP contribution is -2.10. The van der Waals surface area contributed by atoms with Gasteiger partial charge in [0.05, 0.1) is 5.75 Å². The molecule has 0 unspecified atom stereocenters. The zero-order valence-corrected chi connectivity index (χ0v) is 16.4. The highest BCUT2D eigenvalue weighted by Crippen LogP contribution is 2.26. The van der Waals surface area contributed by atoms with Gasteiger partial charge in [-0.2, -0.15) is 0 Å². The molecule has 0 fully saturated rings. The number of nitrogens with zero attached hydrogens (tertiary/aromatic N) is 2. The van der Waals surface area contributed by atoms with Crippen molar-refractivity contribution in [2.75, 3.05) is 5.32 Å². The van der Waals surface area contributed by atoms with Gasteiger partial charge in [0.2, 0.25) is 5.91 Å². The number of nitrogens with one attached hydrogen (secondary N) is 1. The molecule has 0 spiro atoms. The molecule has 3 rings (SSSR count). The van der Waals surface area contributed by atoms with Gasteiger partial charge in [0.15, 0.2) is 9.84 Å². The van der Waals surface area contributed by atoms with Crippen molar-refractivity contribution in [1.29, 1.82) is 0 Å². The van der Waals surface area contributed by atoms with Crippen LogP contribution in [0.1, 0.15) is 18.2 Å². The molecule has 2 aromatic heterocycles. The molecule has 0 saturated heterocycles. The fraction of sp³-hybridized carbons (Fsp3) is 0.150. The monoisotopic (exact) mass is 417 g/mol. The summed E-state index contributed by atoms with van der Waals surface area (Å²) >= 11 is 0. The van der Waals surface area contributed by atoms with Crippen LogP contribution in [0.15, 0.2) is 53.7 Å². The first kappa shape index (κ1) is 20.5. The zero-order valence-electron chi connectivity index (χ0n) is 15.6. The molecule has 6 nitrogen and oxygen atoms in total. The SMILES string of the molecule is CC(=O)Nc1cc(-c2cnc(C)c(CS(=O)(=O)c3cc(F)ccc3F)c2)ccn1. The van der Waals surface area contributed by atoms with Crippen LogP contribution < -0.4 is 5.32 Å². The van der Waals surface area contributed by atoms with E-state index in [0.717, 1.165) is 12.1 Å². The Bertz CT molecular complexity index is 1200. The minimum atomic E-state index is -4.14. The molecule has 0 aliphatic heterocycles. The second kappa shape index (κ2) is 8.04. The molecule has 1 amide bonds. The molecular weight excluding hydrogens is 400 g/mol. The van der Waals surface area contributed by atoms with Gasteiger partial charge >= 0.3 is 0 Å². The van der Waals surface area contributed by atoms with Crippen molar-refractivity contribution in [2.45, 2.75) is 24.5 Å². The minimum absolute atomic E-state index is 0.277. The summed E-state index contributed by atoms with van der Waals surface area (Å²) in [5.41, 5.74) is 2.05. The van der Waals surface area contributed by atoms with Crippen LogP contribution in [-0.4, -0.2) is 24.3 Å². The van der Waals surface area contributed by atoms with E-state index < -0.39 is 32.1 Å². The first-order valence-corrected chi connectivity index (χ1v) is 10.2. The number of benzene rings is 1. The molecule has 1 N–H and O–H groups in total. The Kier molecular flexibility index (Phi) is 5.69. The van der Waals surface area contributed by atoms with Crippen molar-refractivity contribution in [3.8, 4) is 11.1 Å². The second-order valence-corrected chi connectivity index (χ2v) is 8.37. The summed E-state index contributed by atoms with van der Waals surface area (Å²) in [7, 11) is -4.14. The standard InChI is InChI=1S/C20H17F2N3O3S/c1-12-16(11-29(27,28)19-9-17(21)3-4-18(19)22)7-15(10-24-12)14-5-6-23-20(8-14)25-13(2)26/h3-10H,11H2,1-2H3,(H,23,25,26). The summed E-state index contributed by atoms with van der Waals surface area (Å²) in [5.74, 6) is -2.32. The maximum Gasteiger partial charge on any atom is 0.222 e. The maximum absolute atomic E-state index is 14.0. The lowest BCUT2D eigenvalue weighted by molar-refractivity contribution is -0.114. The van der Waals surface area contributed by atoms with Crippen LogP contribution >= 0.6 is 0 Å². The summed E-state index contributed by atoms with van der Waals surface area (Å²) in [5, 5.41) is 2.57. The van der Waals surface area contributed by atoms with Gasteiger partial charge < -0.3 is 5.32 Å². The number of aromatic nitrogens is 2. The normalized spacial score (nSPS) is 11.3. The smallest absolute Gasteiger partial charge is 0.222 e. The van der Waals surface area contributed by atoms with Crippen molar-refractivity contribution in [2.24, 2.45) is 0 Å². The molecule has 9 heteroatoms. The van der Waals surface area contributed by atoms with Crippen LogP contribution in [0.4, 0.5) is 14.6 Å². The van der Waals surface area contributed by atoms with Gasteiger partial charge in [-0.25, -0.2) is 22.2 Å². The van der Waals surface area contributed by atoms with Crippen LogP contribution in [-0.2, 0) is 20.4 Å². The van der Waals surface area contributed by atoms with Crippen LogP contribution in [0.3, 0.4) is 0 Å². The molecule has 0 atom stereocenters. The van der Waals surface area contributed by atoms with Gasteiger partial charge in [0.1, 0.15) is 22.3 Å². The largest absolute Gasteiger partial charge is 0.311 e. The number of anilines is 1. The number of rotatable bonds is 5. The van der Waals surface area contributed by atoms with E-state index in [4.69, 9.17) is 0 Å². The summed E-state index contributed by atoms with van der Waals surface area (Å²) in [6.45, 7) is 2.99. The highest BCUT2D eigenvalue weighted by atomic mass is 32.2. The number of carbonyl (C=O) groups excluding carboxylic acids is 1. The third kappa shape index (κ3) is 4.80. The van der Waals surface area contributed by atoms with Gasteiger partial charge in [0.25, 0.3) is 0 Å². The Morgan fingerprint density at radius 2 is 1.83 bits per heavy atom. The third-order valence-corrected chi connectivity index (χ3v) is 5.84. The number of amides is 1. The Morgan fingerprint density at radius 3 is 2.55 bits per heavy atom. The summed E-state index contributed by atoms with van der Waals surface area (Å²) < 4.78 is 52.7. The number of hydrogen-bond acceptors (Lipinski definition) is 5. The topological polar surface area (TPSA) is 89.0 Å². The maximum atomic E-state index is 14.0. The van der Waals surface area contributed by atoms with E-state index in [0.29, 0.717) is 34.3 Å². The number of sulfone groups is 1. The van der Waals surface area contributed by atoms with Gasteiger partial charge in [0, 0.05) is 30.6 Å². The molecule has 0 aliphatic carbocycles. The number of pyridine rings is 2. The highest BCUT2D eigenvalue weighted by molar-refractivity contribution is 7.90. The number of halogens is 2. The van der Waals surface area contributed by atoms with Gasteiger partial charge in [-0.3, -0.25) is 9.78 Å². The molecule has 150 valence electrons. The molecule has 0 aliphatic rings. The number of aryl methyl sites for hydroxylation is 1. The van der Waals surface area contributed by atoms with E-state index >= 15 is 0 Å². The Balaban J connectivity index is 1.98. The Hall–Kier alpha value is -3.20. The van der Waals surface area contributed by atoms with E-state index in [1.54, 1.807) is 31.3 Å². The average Bonchev–Trinajstić information content (AvgIpc) is 2.65. The van der Waals surface area contributed by atoms with Gasteiger partial charge in [-0.1, -0.05) is 0 Å². The minimum Gasteiger partial charge on any atom is -0.311 e. The van der Waals surface area contributed by atoms with E-state index in [-0.39, 0.29) is 5.91 Å². The van der Waals surface area contributed by atoms with Crippen molar-refractivity contribution in [1.82, 2.24) is 9.97 Å². The first-order valence-electron chi connectivity index (χ1n) is 8.53. The number of carbonyl (C=O) groups is 1. The lowest BCUT2D eigenvalue weighted by atomic mass is 10.1. The lowest BCUT2D eigenvalue weighted by Gasteiger charge is -2.11. The van der Waals surface area contributed by atoms with E-state index in [2.05, 4.69) is 15.3 Å². The molecule has 0 radical (unpaired) electrons. The predicted octanol–water partition coefficient (Wildman–Crippen LogP) is 3.66. The predicted molar refractivity (Wildman–Crippen MR) is 104 cm³/mol. The molecular formula is C20H17F2N3O3S. The second-order valence-electron chi connectivity index (χ2n) is 6.41. The first-order chi connectivity index (χ1) is 13.7. The quantitative estimate of drug-likeness (QED) is 0.684. The number of hydrogen-bond donors (Lipinski definition) is 1. The molecule has 2 heterocycles. The fourth-order valence-corrected chi connectivity index (χ4v) is 4.25. The van der Waals surface area contributed by atoms with E-state index in [1.807, 2.05) is 0 Å². The van der Waals surface area contributed by atoms with Crippen molar-refractivity contribution in [3.63, 3.8) is 0 Å². The van der Waals surface area contributed by atoms with Gasteiger partial charge in [-0.15, -0.1) is 0 Å². The Morgan fingerprint density at radius 1 is 1.07 bits per heavy atom. The van der Waals surface area contributed by atoms with E-state index in [1.165, 1.54) is 13.1 Å². The van der Waals surface area contributed by atoms with Crippen molar-refractivity contribution in [3.05, 3.63) is 71.7 Å². The van der Waals surface area contributed by atoms with Crippen molar-refractivity contribution >= 4 is 21.6 Å². The molecule has 1 aromatic carbocycles. The summed E-state index contributed by atoms with van der Waals surface area (Å²) in [6, 6.07) is 7.23. The van der Waals surface area contributed by atoms with Gasteiger partial charge in [-0.05, 0) is 54.4 Å². The molecule has 3 aromatic rings. The van der Waals surface area contributed by atoms with Crippen LogP contribution in [0, 0.1) is 18.6 Å². The molecule has 0 bridgehead atoms. The van der Waals surface area contributed by atoms with Crippen LogP contribution in [0.25, 0.3) is 11.1 Å². The third-order valence-electron chi connectivity index (χ3n) is 4.16. The highest BCUT2D eigenvalue weighted by Gasteiger charge is 2.22. The van der Waals surface area contributed by atoms with Crippen LogP contribution in [0.2, 0.25) is 0 Å². The van der Waals surface area contributed by atoms with Crippen LogP contribution in [0.5, 0.6) is 0 Å². The fourth-order valence-electron chi connectivity index (χ4n) is 2.74. The zero-order chi connectivity index (χ0) is 21.2. The molecule has 0 saturated carbocycles. The van der Waals surface area contributed by atoms with Crippen molar-refractivity contribution < 1.29 is 22.0 Å². The average molecular weight is 417 g/mol. The summed E-state index contributed by atoms with van der Waals surface area (Å²) in [6.07, 6.45) is 3.06. The summed E-state index contributed by atoms with van der Waals surface area (Å²) in [4.78, 5) is 18.8. The van der Waals surface area contributed by atoms with E-state index in [9.17, 15) is 22.0 Å².